The van der Waals surface area contributed by atoms with E-state index in [0.717, 1.165) is 51.6 Å². The zero-order valence-electron chi connectivity index (χ0n) is 15.8. The van der Waals surface area contributed by atoms with Crippen molar-refractivity contribution in [3.63, 3.8) is 0 Å². The molecule has 6 nitrogen and oxygen atoms in total. The summed E-state index contributed by atoms with van der Waals surface area (Å²) in [5, 5.41) is 3.58. The molecule has 2 aliphatic rings. The number of anilines is 1. The van der Waals surface area contributed by atoms with E-state index in [2.05, 4.69) is 46.4 Å². The number of likely N-dealkylation sites (N-methyl/N-ethyl adjacent to an activating group) is 1. The number of pyridine rings is 1. The lowest BCUT2D eigenvalue weighted by atomic mass is 10.0. The molecule has 4 rings (SSSR count). The van der Waals surface area contributed by atoms with Gasteiger partial charge in [0.25, 0.3) is 5.91 Å². The predicted octanol–water partition coefficient (Wildman–Crippen LogP) is 1.62. The van der Waals surface area contributed by atoms with Gasteiger partial charge in [-0.1, -0.05) is 36.4 Å². The van der Waals surface area contributed by atoms with E-state index in [-0.39, 0.29) is 11.9 Å². The average molecular weight is 365 g/mol. The first kappa shape index (κ1) is 17.9. The van der Waals surface area contributed by atoms with Gasteiger partial charge in [-0.3, -0.25) is 4.79 Å². The molecule has 2 saturated heterocycles. The second-order valence-corrected chi connectivity index (χ2v) is 7.34. The largest absolute Gasteiger partial charge is 0.353 e. The maximum Gasteiger partial charge on any atom is 0.272 e. The van der Waals surface area contributed by atoms with Crippen molar-refractivity contribution in [3.05, 3.63) is 59.8 Å². The fourth-order valence-corrected chi connectivity index (χ4v) is 3.76. The van der Waals surface area contributed by atoms with Gasteiger partial charge in [0.15, 0.2) is 0 Å². The van der Waals surface area contributed by atoms with Crippen molar-refractivity contribution in [1.82, 2.24) is 20.1 Å². The highest BCUT2D eigenvalue weighted by molar-refractivity contribution is 5.92. The van der Waals surface area contributed by atoms with E-state index in [0.29, 0.717) is 5.69 Å². The van der Waals surface area contributed by atoms with Crippen LogP contribution in [0.1, 0.15) is 22.1 Å². The van der Waals surface area contributed by atoms with E-state index in [1.165, 1.54) is 5.56 Å². The number of nitrogens with one attached hydrogen (secondary N) is 1. The van der Waals surface area contributed by atoms with Crippen LogP contribution in [-0.2, 0) is 0 Å². The minimum absolute atomic E-state index is 0.0414. The van der Waals surface area contributed by atoms with Crippen molar-refractivity contribution in [1.29, 1.82) is 0 Å². The third kappa shape index (κ3) is 4.12. The number of amides is 1. The van der Waals surface area contributed by atoms with Crippen LogP contribution in [0, 0.1) is 0 Å². The van der Waals surface area contributed by atoms with E-state index < -0.39 is 0 Å². The van der Waals surface area contributed by atoms with Crippen molar-refractivity contribution >= 4 is 11.7 Å². The standard InChI is InChI=1S/C21H27N5O/c1-24-12-14-25(15-13-24)21(27)18-8-5-9-20(23-18)26-11-10-22-19(16-26)17-6-3-2-4-7-17/h2-9,19,22H,10-16H2,1H3. The molecule has 142 valence electrons. The van der Waals surface area contributed by atoms with Gasteiger partial charge in [-0.15, -0.1) is 0 Å². The molecule has 3 heterocycles. The lowest BCUT2D eigenvalue weighted by molar-refractivity contribution is 0.0658. The number of hydrogen-bond donors (Lipinski definition) is 1. The Bertz CT molecular complexity index is 773. The lowest BCUT2D eigenvalue weighted by Gasteiger charge is -2.35. The van der Waals surface area contributed by atoms with Crippen LogP contribution in [0.5, 0.6) is 0 Å². The third-order valence-corrected chi connectivity index (χ3v) is 5.45. The predicted molar refractivity (Wildman–Crippen MR) is 107 cm³/mol. The Balaban J connectivity index is 1.48. The number of piperazine rings is 2. The van der Waals surface area contributed by atoms with Crippen LogP contribution in [0.3, 0.4) is 0 Å². The van der Waals surface area contributed by atoms with Gasteiger partial charge in [-0.05, 0) is 24.7 Å². The third-order valence-electron chi connectivity index (χ3n) is 5.45. The monoisotopic (exact) mass is 365 g/mol. The van der Waals surface area contributed by atoms with Crippen LogP contribution in [0.25, 0.3) is 0 Å². The summed E-state index contributed by atoms with van der Waals surface area (Å²) in [5.74, 6) is 0.928. The summed E-state index contributed by atoms with van der Waals surface area (Å²) in [6, 6.07) is 16.6. The van der Waals surface area contributed by atoms with Gasteiger partial charge < -0.3 is 20.0 Å². The summed E-state index contributed by atoms with van der Waals surface area (Å²) < 4.78 is 0. The highest BCUT2D eigenvalue weighted by Gasteiger charge is 2.24. The highest BCUT2D eigenvalue weighted by Crippen LogP contribution is 2.21. The number of nitrogens with zero attached hydrogens (tertiary/aromatic N) is 4. The molecule has 0 aliphatic carbocycles. The number of rotatable bonds is 3. The Hall–Kier alpha value is -2.44. The fraction of sp³-hybridized carbons (Fsp3) is 0.429. The number of hydrogen-bond acceptors (Lipinski definition) is 5. The van der Waals surface area contributed by atoms with Crippen LogP contribution in [-0.4, -0.2) is 73.6 Å². The van der Waals surface area contributed by atoms with E-state index in [1.807, 2.05) is 29.2 Å². The first-order chi connectivity index (χ1) is 13.2. The van der Waals surface area contributed by atoms with Crippen molar-refractivity contribution < 1.29 is 4.79 Å². The Labute approximate surface area is 160 Å². The van der Waals surface area contributed by atoms with Gasteiger partial charge in [0.05, 0.1) is 0 Å². The lowest BCUT2D eigenvalue weighted by Crippen LogP contribution is -2.48. The van der Waals surface area contributed by atoms with E-state index in [1.54, 1.807) is 0 Å². The second kappa shape index (κ2) is 8.06. The van der Waals surface area contributed by atoms with Crippen molar-refractivity contribution in [3.8, 4) is 0 Å². The molecule has 27 heavy (non-hydrogen) atoms. The van der Waals surface area contributed by atoms with E-state index in [9.17, 15) is 4.79 Å². The van der Waals surface area contributed by atoms with Crippen LogP contribution in [0.2, 0.25) is 0 Å². The van der Waals surface area contributed by atoms with Gasteiger partial charge in [0, 0.05) is 51.9 Å². The van der Waals surface area contributed by atoms with Gasteiger partial charge >= 0.3 is 0 Å². The molecule has 2 fully saturated rings. The van der Waals surface area contributed by atoms with E-state index in [4.69, 9.17) is 4.98 Å². The molecule has 1 N–H and O–H groups in total. The fourth-order valence-electron chi connectivity index (χ4n) is 3.76. The van der Waals surface area contributed by atoms with E-state index >= 15 is 0 Å². The molecule has 1 amide bonds. The summed E-state index contributed by atoms with van der Waals surface area (Å²) in [6.07, 6.45) is 0. The molecule has 2 aliphatic heterocycles. The minimum Gasteiger partial charge on any atom is -0.353 e. The molecule has 1 unspecified atom stereocenters. The summed E-state index contributed by atoms with van der Waals surface area (Å²) in [4.78, 5) is 24.0. The zero-order chi connectivity index (χ0) is 18.6. The molecule has 6 heteroatoms. The Morgan fingerprint density at radius 2 is 1.78 bits per heavy atom. The maximum atomic E-state index is 12.8. The first-order valence-corrected chi connectivity index (χ1v) is 9.69. The normalized spacial score (nSPS) is 21.3. The summed E-state index contributed by atoms with van der Waals surface area (Å²) in [6.45, 7) is 6.02. The van der Waals surface area contributed by atoms with Crippen molar-refractivity contribution in [2.45, 2.75) is 6.04 Å². The molecule has 1 atom stereocenters. The van der Waals surface area contributed by atoms with Gasteiger partial charge in [0.2, 0.25) is 0 Å². The second-order valence-electron chi connectivity index (χ2n) is 7.34. The smallest absolute Gasteiger partial charge is 0.272 e. The molecule has 1 aromatic heterocycles. The van der Waals surface area contributed by atoms with Crippen molar-refractivity contribution in [2.24, 2.45) is 0 Å². The van der Waals surface area contributed by atoms with Crippen LogP contribution in [0.4, 0.5) is 5.82 Å². The number of benzene rings is 1. The van der Waals surface area contributed by atoms with Crippen LogP contribution in [0.15, 0.2) is 48.5 Å². The molecule has 0 spiro atoms. The Morgan fingerprint density at radius 1 is 1.00 bits per heavy atom. The Kier molecular flexibility index (Phi) is 5.36. The molecule has 0 saturated carbocycles. The number of carbonyl (C=O) groups excluding carboxylic acids is 1. The zero-order valence-corrected chi connectivity index (χ0v) is 15.8. The van der Waals surface area contributed by atoms with Crippen molar-refractivity contribution in [2.75, 3.05) is 57.8 Å². The molecule has 0 bridgehead atoms. The van der Waals surface area contributed by atoms with Gasteiger partial charge in [0.1, 0.15) is 11.5 Å². The maximum absolute atomic E-state index is 12.8. The van der Waals surface area contributed by atoms with Gasteiger partial charge in [-0.25, -0.2) is 4.98 Å². The average Bonchev–Trinajstić information content (AvgIpc) is 2.75. The molecule has 1 aromatic carbocycles. The molecular formula is C21H27N5O. The molecule has 2 aromatic rings. The quantitative estimate of drug-likeness (QED) is 0.896. The molecular weight excluding hydrogens is 338 g/mol. The summed E-state index contributed by atoms with van der Waals surface area (Å²) in [5.41, 5.74) is 1.83. The number of aromatic nitrogens is 1. The van der Waals surface area contributed by atoms with Gasteiger partial charge in [-0.2, -0.15) is 0 Å². The van der Waals surface area contributed by atoms with Crippen LogP contribution < -0.4 is 10.2 Å². The topological polar surface area (TPSA) is 51.7 Å². The molecule has 0 radical (unpaired) electrons. The minimum atomic E-state index is 0.0414. The summed E-state index contributed by atoms with van der Waals surface area (Å²) in [7, 11) is 2.09. The first-order valence-electron chi connectivity index (χ1n) is 9.69. The summed E-state index contributed by atoms with van der Waals surface area (Å²) >= 11 is 0. The Morgan fingerprint density at radius 3 is 2.56 bits per heavy atom. The van der Waals surface area contributed by atoms with Crippen LogP contribution >= 0.6 is 0 Å². The number of carbonyl (C=O) groups is 1. The SMILES string of the molecule is CN1CCN(C(=O)c2cccc(N3CCNC(c4ccccc4)C3)n2)CC1. The highest BCUT2D eigenvalue weighted by atomic mass is 16.2.